The van der Waals surface area contributed by atoms with E-state index in [0.717, 1.165) is 18.7 Å². The molecule has 2 N–H and O–H groups in total. The smallest absolute Gasteiger partial charge is 0.241 e. The Hall–Kier alpha value is -2.43. The van der Waals surface area contributed by atoms with Crippen LogP contribution in [0.25, 0.3) is 0 Å². The number of rotatable bonds is 9. The summed E-state index contributed by atoms with van der Waals surface area (Å²) in [6.07, 6.45) is 2.40. The molecule has 1 aromatic carbocycles. The van der Waals surface area contributed by atoms with E-state index in [9.17, 15) is 9.18 Å². The highest BCUT2D eigenvalue weighted by Crippen LogP contribution is 2.10. The number of likely N-dealkylation sites (N-methyl/N-ethyl adjacent to an activating group) is 1. The zero-order valence-corrected chi connectivity index (χ0v) is 20.0. The predicted molar refractivity (Wildman–Crippen MR) is 130 cm³/mol. The Morgan fingerprint density at radius 2 is 1.83 bits per heavy atom. The second-order valence-electron chi connectivity index (χ2n) is 6.78. The average molecular weight is 528 g/mol. The molecule has 0 unspecified atom stereocenters. The van der Waals surface area contributed by atoms with Crippen molar-refractivity contribution in [3.63, 3.8) is 0 Å². The second-order valence-corrected chi connectivity index (χ2v) is 6.78. The molecule has 1 aromatic heterocycles. The Kier molecular flexibility index (Phi) is 11.7. The summed E-state index contributed by atoms with van der Waals surface area (Å²) in [6.45, 7) is 1.70. The molecule has 0 aliphatic carbocycles. The van der Waals surface area contributed by atoms with Gasteiger partial charge in [-0.25, -0.2) is 9.38 Å². The van der Waals surface area contributed by atoms with Crippen molar-refractivity contribution < 1.29 is 9.18 Å². The molecule has 0 aliphatic heterocycles. The number of nitrogens with one attached hydrogen (secondary N) is 2. The van der Waals surface area contributed by atoms with Gasteiger partial charge in [0, 0.05) is 46.1 Å². The van der Waals surface area contributed by atoms with E-state index in [2.05, 4.69) is 37.6 Å². The maximum absolute atomic E-state index is 13.8. The molecule has 0 saturated carbocycles. The lowest BCUT2D eigenvalue weighted by atomic mass is 10.3. The fraction of sp³-hybridized carbons (Fsp3) is 0.381. The van der Waals surface area contributed by atoms with Crippen molar-refractivity contribution in [3.8, 4) is 0 Å². The number of pyridine rings is 1. The van der Waals surface area contributed by atoms with Gasteiger partial charge in [0.05, 0.1) is 18.8 Å². The van der Waals surface area contributed by atoms with Gasteiger partial charge >= 0.3 is 0 Å². The molecule has 0 aliphatic rings. The average Bonchev–Trinajstić information content (AvgIpc) is 2.73. The monoisotopic (exact) mass is 528 g/mol. The molecule has 2 aromatic rings. The number of aromatic nitrogens is 1. The fourth-order valence-corrected chi connectivity index (χ4v) is 2.52. The van der Waals surface area contributed by atoms with Crippen LogP contribution in [0.4, 0.5) is 10.1 Å². The van der Waals surface area contributed by atoms with E-state index in [4.69, 9.17) is 0 Å². The molecule has 0 bridgehead atoms. The SMILES string of the molecule is CN(C)C(=O)CNC(=NCc1ncccc1F)NCCCN(C)c1ccccc1.I. The number of benzene rings is 1. The van der Waals surface area contributed by atoms with Gasteiger partial charge in [-0.2, -0.15) is 0 Å². The molecular formula is C21H30FIN6O. The van der Waals surface area contributed by atoms with Crippen LogP contribution in [0.1, 0.15) is 12.1 Å². The van der Waals surface area contributed by atoms with E-state index in [-0.39, 0.29) is 48.7 Å². The topological polar surface area (TPSA) is 72.9 Å². The molecule has 2 rings (SSSR count). The highest BCUT2D eigenvalue weighted by atomic mass is 127. The summed E-state index contributed by atoms with van der Waals surface area (Å²) >= 11 is 0. The van der Waals surface area contributed by atoms with Gasteiger partial charge in [0.25, 0.3) is 0 Å². The summed E-state index contributed by atoms with van der Waals surface area (Å²) in [5, 5.41) is 6.20. The van der Waals surface area contributed by atoms with Crippen LogP contribution >= 0.6 is 24.0 Å². The third kappa shape index (κ3) is 8.93. The van der Waals surface area contributed by atoms with Crippen LogP contribution in [0, 0.1) is 5.82 Å². The van der Waals surface area contributed by atoms with E-state index in [1.165, 1.54) is 17.2 Å². The number of carbonyl (C=O) groups excluding carboxylic acids is 1. The Bertz CT molecular complexity index is 803. The Balaban J connectivity index is 0.00000450. The van der Waals surface area contributed by atoms with Gasteiger partial charge in [-0.05, 0) is 30.7 Å². The highest BCUT2D eigenvalue weighted by Gasteiger charge is 2.07. The largest absolute Gasteiger partial charge is 0.375 e. The van der Waals surface area contributed by atoms with E-state index < -0.39 is 5.82 Å². The molecule has 1 amide bonds. The fourth-order valence-electron chi connectivity index (χ4n) is 2.52. The molecule has 0 spiro atoms. The first kappa shape index (κ1) is 25.6. The predicted octanol–water partition coefficient (Wildman–Crippen LogP) is 2.49. The number of amides is 1. The molecule has 9 heteroatoms. The highest BCUT2D eigenvalue weighted by molar-refractivity contribution is 14.0. The molecule has 0 fully saturated rings. The number of carbonyl (C=O) groups is 1. The Morgan fingerprint density at radius 3 is 2.50 bits per heavy atom. The number of anilines is 1. The first-order valence-corrected chi connectivity index (χ1v) is 9.55. The Labute approximate surface area is 194 Å². The van der Waals surface area contributed by atoms with Crippen LogP contribution in [0.2, 0.25) is 0 Å². The summed E-state index contributed by atoms with van der Waals surface area (Å²) in [5.41, 5.74) is 1.41. The molecule has 164 valence electrons. The molecule has 0 atom stereocenters. The molecule has 0 radical (unpaired) electrons. The van der Waals surface area contributed by atoms with Crippen molar-refractivity contribution in [1.82, 2.24) is 20.5 Å². The third-order valence-corrected chi connectivity index (χ3v) is 4.29. The number of hydrogen-bond acceptors (Lipinski definition) is 4. The third-order valence-electron chi connectivity index (χ3n) is 4.29. The van der Waals surface area contributed by atoms with Crippen molar-refractivity contribution in [2.75, 3.05) is 45.7 Å². The number of halogens is 2. The number of hydrogen-bond donors (Lipinski definition) is 2. The Morgan fingerprint density at radius 1 is 1.10 bits per heavy atom. The number of nitrogens with zero attached hydrogens (tertiary/aromatic N) is 4. The maximum atomic E-state index is 13.8. The van der Waals surface area contributed by atoms with Gasteiger partial charge in [0.2, 0.25) is 5.91 Å². The van der Waals surface area contributed by atoms with Crippen molar-refractivity contribution in [2.24, 2.45) is 4.99 Å². The quantitative estimate of drug-likeness (QED) is 0.227. The van der Waals surface area contributed by atoms with E-state index in [1.807, 2.05) is 25.2 Å². The van der Waals surface area contributed by atoms with Crippen molar-refractivity contribution >= 4 is 41.5 Å². The summed E-state index contributed by atoms with van der Waals surface area (Å²) in [6, 6.07) is 13.0. The number of guanidine groups is 1. The van der Waals surface area contributed by atoms with Crippen LogP contribution < -0.4 is 15.5 Å². The lowest BCUT2D eigenvalue weighted by Gasteiger charge is -2.20. The second kappa shape index (κ2) is 13.7. The normalized spacial score (nSPS) is 10.7. The van der Waals surface area contributed by atoms with Gasteiger partial charge in [0.1, 0.15) is 5.82 Å². The standard InChI is InChI=1S/C21H29FN6O.HI/c1-27(2)20(29)16-26-21(25-15-19-18(22)11-7-12-23-19)24-13-8-14-28(3)17-9-5-4-6-10-17;/h4-7,9-12H,8,13-16H2,1-3H3,(H2,24,25,26);1H. The zero-order valence-electron chi connectivity index (χ0n) is 17.6. The molecular weight excluding hydrogens is 498 g/mol. The number of aliphatic imine (C=N–C) groups is 1. The summed E-state index contributed by atoms with van der Waals surface area (Å²) in [4.78, 5) is 23.9. The first-order valence-electron chi connectivity index (χ1n) is 9.55. The minimum absolute atomic E-state index is 0. The van der Waals surface area contributed by atoms with Crippen molar-refractivity contribution in [1.29, 1.82) is 0 Å². The first-order chi connectivity index (χ1) is 14.0. The molecule has 30 heavy (non-hydrogen) atoms. The van der Waals surface area contributed by atoms with Gasteiger partial charge in [-0.15, -0.1) is 24.0 Å². The van der Waals surface area contributed by atoms with Crippen LogP contribution in [-0.4, -0.2) is 62.5 Å². The van der Waals surface area contributed by atoms with Crippen LogP contribution in [-0.2, 0) is 11.3 Å². The van der Waals surface area contributed by atoms with Crippen LogP contribution in [0.15, 0.2) is 53.7 Å². The number of para-hydroxylation sites is 1. The van der Waals surface area contributed by atoms with Crippen LogP contribution in [0.3, 0.4) is 0 Å². The van der Waals surface area contributed by atoms with Crippen LogP contribution in [0.5, 0.6) is 0 Å². The molecule has 7 nitrogen and oxygen atoms in total. The molecule has 0 saturated heterocycles. The van der Waals surface area contributed by atoms with E-state index in [1.54, 1.807) is 20.2 Å². The molecule has 1 heterocycles. The maximum Gasteiger partial charge on any atom is 0.241 e. The van der Waals surface area contributed by atoms with Gasteiger partial charge in [0.15, 0.2) is 5.96 Å². The van der Waals surface area contributed by atoms with Gasteiger partial charge in [-0.3, -0.25) is 9.78 Å². The lowest BCUT2D eigenvalue weighted by molar-refractivity contribution is -0.127. The summed E-state index contributed by atoms with van der Waals surface area (Å²) in [7, 11) is 5.43. The minimum Gasteiger partial charge on any atom is -0.375 e. The van der Waals surface area contributed by atoms with E-state index in [0.29, 0.717) is 12.5 Å². The minimum atomic E-state index is -0.399. The summed E-state index contributed by atoms with van der Waals surface area (Å²) < 4.78 is 13.8. The van der Waals surface area contributed by atoms with E-state index >= 15 is 0 Å². The lowest BCUT2D eigenvalue weighted by Crippen LogP contribution is -2.43. The summed E-state index contributed by atoms with van der Waals surface area (Å²) in [5.74, 6) is -0.0237. The van der Waals surface area contributed by atoms with Crippen molar-refractivity contribution in [3.05, 3.63) is 60.2 Å². The van der Waals surface area contributed by atoms with Gasteiger partial charge < -0.3 is 20.4 Å². The van der Waals surface area contributed by atoms with Crippen molar-refractivity contribution in [2.45, 2.75) is 13.0 Å². The van der Waals surface area contributed by atoms with Gasteiger partial charge in [-0.1, -0.05) is 18.2 Å². The zero-order chi connectivity index (χ0) is 21.1.